The molecule has 1 aliphatic rings. The lowest BCUT2D eigenvalue weighted by Gasteiger charge is -2.28. The van der Waals surface area contributed by atoms with E-state index in [-0.39, 0.29) is 18.9 Å². The SMILES string of the molecule is CCOC(=O)Nc1nc(CC(=O)Nc2ccc(N3CCOCC3)cc2)cs1. The van der Waals surface area contributed by atoms with Gasteiger partial charge in [0.2, 0.25) is 5.91 Å². The Bertz CT molecular complexity index is 772. The van der Waals surface area contributed by atoms with Crippen LogP contribution in [-0.2, 0) is 20.7 Å². The molecule has 0 bridgehead atoms. The van der Waals surface area contributed by atoms with Gasteiger partial charge in [-0.3, -0.25) is 10.1 Å². The average Bonchev–Trinajstić information content (AvgIpc) is 3.09. The molecule has 3 rings (SSSR count). The van der Waals surface area contributed by atoms with Gasteiger partial charge in [-0.05, 0) is 31.2 Å². The predicted molar refractivity (Wildman–Crippen MR) is 105 cm³/mol. The van der Waals surface area contributed by atoms with E-state index >= 15 is 0 Å². The third kappa shape index (κ3) is 5.66. The fraction of sp³-hybridized carbons (Fsp3) is 0.389. The molecular weight excluding hydrogens is 368 g/mol. The number of hydrogen-bond acceptors (Lipinski definition) is 7. The largest absolute Gasteiger partial charge is 0.450 e. The molecule has 0 radical (unpaired) electrons. The summed E-state index contributed by atoms with van der Waals surface area (Å²) >= 11 is 1.25. The Balaban J connectivity index is 1.50. The summed E-state index contributed by atoms with van der Waals surface area (Å²) in [4.78, 5) is 30.1. The number of hydrogen-bond donors (Lipinski definition) is 2. The van der Waals surface area contributed by atoms with Crippen molar-refractivity contribution in [3.63, 3.8) is 0 Å². The van der Waals surface area contributed by atoms with E-state index in [0.717, 1.165) is 37.7 Å². The monoisotopic (exact) mass is 390 g/mol. The molecular formula is C18H22N4O4S. The van der Waals surface area contributed by atoms with Gasteiger partial charge in [-0.2, -0.15) is 0 Å². The van der Waals surface area contributed by atoms with Crippen LogP contribution in [0.2, 0.25) is 0 Å². The highest BCUT2D eigenvalue weighted by atomic mass is 32.1. The normalized spacial score (nSPS) is 13.9. The minimum atomic E-state index is -0.553. The third-order valence-electron chi connectivity index (χ3n) is 3.91. The molecule has 1 aromatic heterocycles. The highest BCUT2D eigenvalue weighted by Gasteiger charge is 2.12. The zero-order valence-corrected chi connectivity index (χ0v) is 15.9. The molecule has 2 N–H and O–H groups in total. The Kier molecular flexibility index (Phi) is 6.61. The number of aromatic nitrogens is 1. The van der Waals surface area contributed by atoms with Crippen molar-refractivity contribution >= 4 is 39.8 Å². The van der Waals surface area contributed by atoms with Crippen molar-refractivity contribution in [2.24, 2.45) is 0 Å². The van der Waals surface area contributed by atoms with E-state index < -0.39 is 6.09 Å². The summed E-state index contributed by atoms with van der Waals surface area (Å²) in [5.41, 5.74) is 2.44. The number of benzene rings is 1. The molecule has 8 nitrogen and oxygen atoms in total. The lowest BCUT2D eigenvalue weighted by atomic mass is 10.2. The van der Waals surface area contributed by atoms with Crippen LogP contribution in [-0.4, -0.2) is 49.9 Å². The van der Waals surface area contributed by atoms with Crippen LogP contribution in [0.5, 0.6) is 0 Å². The summed E-state index contributed by atoms with van der Waals surface area (Å²) < 4.78 is 10.2. The van der Waals surface area contributed by atoms with Gasteiger partial charge < -0.3 is 19.7 Å². The minimum Gasteiger partial charge on any atom is -0.450 e. The summed E-state index contributed by atoms with van der Waals surface area (Å²) in [5.74, 6) is -0.165. The van der Waals surface area contributed by atoms with Crippen molar-refractivity contribution in [2.75, 3.05) is 48.4 Å². The Morgan fingerprint density at radius 3 is 2.67 bits per heavy atom. The molecule has 1 aliphatic heterocycles. The van der Waals surface area contributed by atoms with Gasteiger partial charge in [0.1, 0.15) is 0 Å². The quantitative estimate of drug-likeness (QED) is 0.788. The molecule has 1 aromatic carbocycles. The van der Waals surface area contributed by atoms with E-state index in [1.807, 2.05) is 24.3 Å². The molecule has 0 saturated carbocycles. The first-order valence-electron chi connectivity index (χ1n) is 8.75. The zero-order valence-electron chi connectivity index (χ0n) is 15.1. The molecule has 2 aromatic rings. The lowest BCUT2D eigenvalue weighted by molar-refractivity contribution is -0.115. The second kappa shape index (κ2) is 9.33. The summed E-state index contributed by atoms with van der Waals surface area (Å²) in [6.07, 6.45) is -0.421. The highest BCUT2D eigenvalue weighted by molar-refractivity contribution is 7.13. The Morgan fingerprint density at radius 2 is 1.96 bits per heavy atom. The first-order valence-corrected chi connectivity index (χ1v) is 9.63. The highest BCUT2D eigenvalue weighted by Crippen LogP contribution is 2.20. The molecule has 0 spiro atoms. The van der Waals surface area contributed by atoms with Crippen LogP contribution >= 0.6 is 11.3 Å². The van der Waals surface area contributed by atoms with E-state index in [4.69, 9.17) is 9.47 Å². The number of anilines is 3. The molecule has 9 heteroatoms. The number of amides is 2. The van der Waals surface area contributed by atoms with Crippen molar-refractivity contribution in [3.05, 3.63) is 35.3 Å². The number of morpholine rings is 1. The van der Waals surface area contributed by atoms with Crippen LogP contribution in [0.3, 0.4) is 0 Å². The second-order valence-corrected chi connectivity index (χ2v) is 6.72. The Morgan fingerprint density at radius 1 is 1.22 bits per heavy atom. The van der Waals surface area contributed by atoms with Crippen molar-refractivity contribution in [1.82, 2.24) is 4.98 Å². The molecule has 27 heavy (non-hydrogen) atoms. The van der Waals surface area contributed by atoms with Crippen molar-refractivity contribution in [1.29, 1.82) is 0 Å². The standard InChI is InChI=1S/C18H22N4O4S/c1-2-26-18(24)21-17-20-14(12-27-17)11-16(23)19-13-3-5-15(6-4-13)22-7-9-25-10-8-22/h3-6,12H,2,7-11H2,1H3,(H,19,23)(H,20,21,24). The third-order valence-corrected chi connectivity index (χ3v) is 4.71. The molecule has 1 saturated heterocycles. The zero-order chi connectivity index (χ0) is 19.1. The van der Waals surface area contributed by atoms with E-state index in [1.54, 1.807) is 12.3 Å². The Labute approximate surface area is 161 Å². The van der Waals surface area contributed by atoms with Gasteiger partial charge in [-0.25, -0.2) is 9.78 Å². The number of nitrogens with one attached hydrogen (secondary N) is 2. The Hall–Kier alpha value is -2.65. The summed E-state index contributed by atoms with van der Waals surface area (Å²) in [6.45, 7) is 5.23. The number of carbonyl (C=O) groups is 2. The van der Waals surface area contributed by atoms with Gasteiger partial charge in [0.05, 0.1) is 31.9 Å². The summed E-state index contributed by atoms with van der Waals surface area (Å²) in [6, 6.07) is 7.76. The van der Waals surface area contributed by atoms with Crippen LogP contribution in [0, 0.1) is 0 Å². The van der Waals surface area contributed by atoms with Gasteiger partial charge >= 0.3 is 6.09 Å². The smallest absolute Gasteiger partial charge is 0.413 e. The first kappa shape index (κ1) is 19.1. The topological polar surface area (TPSA) is 92.8 Å². The maximum atomic E-state index is 12.2. The second-order valence-electron chi connectivity index (χ2n) is 5.86. The molecule has 2 heterocycles. The molecule has 0 unspecified atom stereocenters. The van der Waals surface area contributed by atoms with Crippen LogP contribution in [0.15, 0.2) is 29.6 Å². The van der Waals surface area contributed by atoms with E-state index in [0.29, 0.717) is 10.8 Å². The molecule has 0 atom stereocenters. The molecule has 2 amide bonds. The van der Waals surface area contributed by atoms with Crippen molar-refractivity contribution < 1.29 is 19.1 Å². The van der Waals surface area contributed by atoms with Gasteiger partial charge in [0, 0.05) is 29.8 Å². The van der Waals surface area contributed by atoms with E-state index in [2.05, 4.69) is 20.5 Å². The lowest BCUT2D eigenvalue weighted by Crippen LogP contribution is -2.36. The van der Waals surface area contributed by atoms with E-state index in [1.165, 1.54) is 11.3 Å². The molecule has 1 fully saturated rings. The average molecular weight is 390 g/mol. The van der Waals surface area contributed by atoms with Crippen molar-refractivity contribution in [3.8, 4) is 0 Å². The van der Waals surface area contributed by atoms with Gasteiger partial charge in [0.15, 0.2) is 5.13 Å². The van der Waals surface area contributed by atoms with Gasteiger partial charge in [0.25, 0.3) is 0 Å². The molecule has 0 aliphatic carbocycles. The minimum absolute atomic E-state index is 0.131. The number of carbonyl (C=O) groups excluding carboxylic acids is 2. The summed E-state index contributed by atoms with van der Waals surface area (Å²) in [5, 5.41) is 7.53. The van der Waals surface area contributed by atoms with Crippen LogP contribution in [0.25, 0.3) is 0 Å². The van der Waals surface area contributed by atoms with Crippen LogP contribution in [0.4, 0.5) is 21.3 Å². The predicted octanol–water partition coefficient (Wildman–Crippen LogP) is 2.73. The maximum absolute atomic E-state index is 12.2. The van der Waals surface area contributed by atoms with Crippen molar-refractivity contribution in [2.45, 2.75) is 13.3 Å². The fourth-order valence-electron chi connectivity index (χ4n) is 2.65. The number of ether oxygens (including phenoxy) is 2. The molecule has 144 valence electrons. The van der Waals surface area contributed by atoms with Gasteiger partial charge in [-0.15, -0.1) is 11.3 Å². The summed E-state index contributed by atoms with van der Waals surface area (Å²) in [7, 11) is 0. The van der Waals surface area contributed by atoms with Crippen LogP contribution in [0.1, 0.15) is 12.6 Å². The first-order chi connectivity index (χ1) is 13.1. The van der Waals surface area contributed by atoms with E-state index in [9.17, 15) is 9.59 Å². The fourth-order valence-corrected chi connectivity index (χ4v) is 3.34. The van der Waals surface area contributed by atoms with Gasteiger partial charge in [-0.1, -0.05) is 0 Å². The number of rotatable bonds is 6. The maximum Gasteiger partial charge on any atom is 0.413 e. The number of thiazole rings is 1. The number of nitrogens with zero attached hydrogens (tertiary/aromatic N) is 2. The van der Waals surface area contributed by atoms with Crippen LogP contribution < -0.4 is 15.5 Å².